The highest BCUT2D eigenvalue weighted by Gasteiger charge is 2.22. The van der Waals surface area contributed by atoms with Crippen LogP contribution in [-0.2, 0) is 20.9 Å². The fraction of sp³-hybridized carbons (Fsp3) is 0.529. The number of rotatable bonds is 5. The number of carbonyl (C=O) groups excluding carboxylic acids is 2. The van der Waals surface area contributed by atoms with Gasteiger partial charge in [0, 0.05) is 39.5 Å². The Hall–Kier alpha value is -1.88. The summed E-state index contributed by atoms with van der Waals surface area (Å²) in [7, 11) is 0. The SMILES string of the molecule is CC(=O)N(CCC(=O)N1CCO[C@@H](C)C1)Cc1ccccc1. The molecule has 1 aromatic rings. The van der Waals surface area contributed by atoms with E-state index < -0.39 is 0 Å². The maximum Gasteiger partial charge on any atom is 0.224 e. The predicted molar refractivity (Wildman–Crippen MR) is 84.1 cm³/mol. The van der Waals surface area contributed by atoms with Gasteiger partial charge in [0.05, 0.1) is 12.7 Å². The highest BCUT2D eigenvalue weighted by molar-refractivity contribution is 5.78. The standard InChI is InChI=1S/C17H24N2O3/c1-14-12-19(10-11-22-14)17(21)8-9-18(15(2)20)13-16-6-4-3-5-7-16/h3-7,14H,8-13H2,1-2H3/t14-/m0/s1. The van der Waals surface area contributed by atoms with Crippen LogP contribution in [-0.4, -0.2) is 54.0 Å². The Kier molecular flexibility index (Phi) is 5.95. The third kappa shape index (κ3) is 4.84. The van der Waals surface area contributed by atoms with Crippen molar-refractivity contribution in [2.75, 3.05) is 26.2 Å². The lowest BCUT2D eigenvalue weighted by atomic mass is 10.2. The summed E-state index contributed by atoms with van der Waals surface area (Å²) in [4.78, 5) is 27.6. The van der Waals surface area contributed by atoms with Gasteiger partial charge in [-0.15, -0.1) is 0 Å². The van der Waals surface area contributed by atoms with Crippen LogP contribution in [0, 0.1) is 0 Å². The van der Waals surface area contributed by atoms with Crippen LogP contribution in [0.5, 0.6) is 0 Å². The number of benzene rings is 1. The summed E-state index contributed by atoms with van der Waals surface area (Å²) in [6, 6.07) is 9.83. The molecule has 1 heterocycles. The van der Waals surface area contributed by atoms with Gasteiger partial charge in [0.1, 0.15) is 0 Å². The number of hydrogen-bond acceptors (Lipinski definition) is 3. The molecule has 0 unspecified atom stereocenters. The smallest absolute Gasteiger partial charge is 0.224 e. The Morgan fingerprint density at radius 1 is 1.32 bits per heavy atom. The van der Waals surface area contributed by atoms with Gasteiger partial charge < -0.3 is 14.5 Å². The van der Waals surface area contributed by atoms with Gasteiger partial charge in [-0.3, -0.25) is 9.59 Å². The Bertz CT molecular complexity index is 504. The van der Waals surface area contributed by atoms with Crippen LogP contribution in [0.1, 0.15) is 25.8 Å². The van der Waals surface area contributed by atoms with Gasteiger partial charge in [-0.25, -0.2) is 0 Å². The van der Waals surface area contributed by atoms with Gasteiger partial charge >= 0.3 is 0 Å². The van der Waals surface area contributed by atoms with Crippen LogP contribution in [0.3, 0.4) is 0 Å². The van der Waals surface area contributed by atoms with E-state index in [1.807, 2.05) is 42.2 Å². The second-order valence-electron chi connectivity index (χ2n) is 5.70. The van der Waals surface area contributed by atoms with E-state index in [0.717, 1.165) is 5.56 Å². The zero-order valence-electron chi connectivity index (χ0n) is 13.3. The highest BCUT2D eigenvalue weighted by Crippen LogP contribution is 2.09. The third-order valence-electron chi connectivity index (χ3n) is 3.85. The van der Waals surface area contributed by atoms with Gasteiger partial charge in [0.25, 0.3) is 0 Å². The fourth-order valence-corrected chi connectivity index (χ4v) is 2.59. The Balaban J connectivity index is 1.86. The van der Waals surface area contributed by atoms with E-state index >= 15 is 0 Å². The minimum absolute atomic E-state index is 0.00741. The maximum absolute atomic E-state index is 12.3. The van der Waals surface area contributed by atoms with Crippen LogP contribution in [0.4, 0.5) is 0 Å². The molecule has 0 spiro atoms. The second-order valence-corrected chi connectivity index (χ2v) is 5.70. The molecular formula is C17H24N2O3. The van der Waals surface area contributed by atoms with E-state index in [9.17, 15) is 9.59 Å². The fourth-order valence-electron chi connectivity index (χ4n) is 2.59. The van der Waals surface area contributed by atoms with E-state index in [0.29, 0.717) is 39.2 Å². The molecule has 5 nitrogen and oxygen atoms in total. The average molecular weight is 304 g/mol. The van der Waals surface area contributed by atoms with Gasteiger partial charge in [-0.2, -0.15) is 0 Å². The number of morpholine rings is 1. The molecule has 0 bridgehead atoms. The summed E-state index contributed by atoms with van der Waals surface area (Å²) < 4.78 is 5.44. The van der Waals surface area contributed by atoms with E-state index in [1.165, 1.54) is 0 Å². The molecule has 2 amide bonds. The molecule has 22 heavy (non-hydrogen) atoms. The number of hydrogen-bond donors (Lipinski definition) is 0. The van der Waals surface area contributed by atoms with Gasteiger partial charge in [0.15, 0.2) is 0 Å². The molecule has 0 radical (unpaired) electrons. The first-order valence-corrected chi connectivity index (χ1v) is 7.75. The zero-order chi connectivity index (χ0) is 15.9. The molecule has 1 fully saturated rings. The van der Waals surface area contributed by atoms with Crippen molar-refractivity contribution in [1.82, 2.24) is 9.80 Å². The van der Waals surface area contributed by atoms with E-state index in [1.54, 1.807) is 11.8 Å². The van der Waals surface area contributed by atoms with Crippen molar-refractivity contribution in [1.29, 1.82) is 0 Å². The molecule has 1 aliphatic heterocycles. The molecule has 0 saturated carbocycles. The number of amides is 2. The predicted octanol–water partition coefficient (Wildman–Crippen LogP) is 1.67. The maximum atomic E-state index is 12.3. The summed E-state index contributed by atoms with van der Waals surface area (Å²) in [5, 5.41) is 0. The summed E-state index contributed by atoms with van der Waals surface area (Å²) in [5.41, 5.74) is 1.07. The summed E-state index contributed by atoms with van der Waals surface area (Å²) in [6.45, 7) is 6.38. The lowest BCUT2D eigenvalue weighted by Gasteiger charge is -2.32. The quantitative estimate of drug-likeness (QED) is 0.831. The Labute approximate surface area is 131 Å². The summed E-state index contributed by atoms with van der Waals surface area (Å²) >= 11 is 0. The minimum Gasteiger partial charge on any atom is -0.375 e. The molecule has 0 N–H and O–H groups in total. The molecule has 1 atom stereocenters. The molecule has 0 aromatic heterocycles. The normalized spacial score (nSPS) is 18.1. The molecule has 5 heteroatoms. The van der Waals surface area contributed by atoms with E-state index in [4.69, 9.17) is 4.74 Å². The molecule has 0 aliphatic carbocycles. The summed E-state index contributed by atoms with van der Waals surface area (Å²) in [5.74, 6) is 0.0847. The largest absolute Gasteiger partial charge is 0.375 e. The van der Waals surface area contributed by atoms with Crippen LogP contribution < -0.4 is 0 Å². The zero-order valence-corrected chi connectivity index (χ0v) is 13.3. The third-order valence-corrected chi connectivity index (χ3v) is 3.85. The first-order valence-electron chi connectivity index (χ1n) is 7.75. The van der Waals surface area contributed by atoms with Gasteiger partial charge in [-0.05, 0) is 12.5 Å². The molecule has 1 saturated heterocycles. The second kappa shape index (κ2) is 7.94. The molecule has 2 rings (SSSR count). The first-order chi connectivity index (χ1) is 10.6. The van der Waals surface area contributed by atoms with Crippen molar-refractivity contribution in [3.8, 4) is 0 Å². The van der Waals surface area contributed by atoms with Crippen molar-refractivity contribution in [3.63, 3.8) is 0 Å². The molecule has 1 aromatic carbocycles. The summed E-state index contributed by atoms with van der Waals surface area (Å²) in [6.07, 6.45) is 0.449. The van der Waals surface area contributed by atoms with Crippen LogP contribution in [0.25, 0.3) is 0 Å². The Morgan fingerprint density at radius 2 is 2.05 bits per heavy atom. The van der Waals surface area contributed by atoms with E-state index in [-0.39, 0.29) is 17.9 Å². The van der Waals surface area contributed by atoms with Gasteiger partial charge in [0.2, 0.25) is 11.8 Å². The lowest BCUT2D eigenvalue weighted by molar-refractivity contribution is -0.139. The molecular weight excluding hydrogens is 280 g/mol. The minimum atomic E-state index is -0.00741. The number of carbonyl (C=O) groups is 2. The highest BCUT2D eigenvalue weighted by atomic mass is 16.5. The lowest BCUT2D eigenvalue weighted by Crippen LogP contribution is -2.45. The number of ether oxygens (including phenoxy) is 1. The van der Waals surface area contributed by atoms with Crippen LogP contribution in [0.2, 0.25) is 0 Å². The van der Waals surface area contributed by atoms with Gasteiger partial charge in [-0.1, -0.05) is 30.3 Å². The van der Waals surface area contributed by atoms with Crippen molar-refractivity contribution in [3.05, 3.63) is 35.9 Å². The van der Waals surface area contributed by atoms with Crippen molar-refractivity contribution in [2.24, 2.45) is 0 Å². The van der Waals surface area contributed by atoms with Crippen LogP contribution in [0.15, 0.2) is 30.3 Å². The Morgan fingerprint density at radius 3 is 2.68 bits per heavy atom. The van der Waals surface area contributed by atoms with Crippen molar-refractivity contribution >= 4 is 11.8 Å². The van der Waals surface area contributed by atoms with Crippen LogP contribution >= 0.6 is 0 Å². The molecule has 1 aliphatic rings. The van der Waals surface area contributed by atoms with Crippen molar-refractivity contribution in [2.45, 2.75) is 32.9 Å². The monoisotopic (exact) mass is 304 g/mol. The van der Waals surface area contributed by atoms with Crippen molar-refractivity contribution < 1.29 is 14.3 Å². The van der Waals surface area contributed by atoms with E-state index in [2.05, 4.69) is 0 Å². The average Bonchev–Trinajstić information content (AvgIpc) is 2.51. The topological polar surface area (TPSA) is 49.9 Å². The first kappa shape index (κ1) is 16.5. The molecule has 120 valence electrons. The number of nitrogens with zero attached hydrogens (tertiary/aromatic N) is 2.